The highest BCUT2D eigenvalue weighted by Crippen LogP contribution is 2.32. The zero-order valence-corrected chi connectivity index (χ0v) is 9.25. The molecule has 92 valence electrons. The predicted molar refractivity (Wildman–Crippen MR) is 56.0 cm³/mol. The molecule has 1 aromatic carbocycles. The molecule has 0 radical (unpaired) electrons. The molecule has 1 unspecified atom stereocenters. The number of halogens is 3. The largest absolute Gasteiger partial charge is 0.389 e. The lowest BCUT2D eigenvalue weighted by Crippen LogP contribution is -2.24. The van der Waals surface area contributed by atoms with Crippen LogP contribution in [0, 0.1) is 11.3 Å². The lowest BCUT2D eigenvalue weighted by atomic mass is 9.90. The SMILES string of the molecule is CC(O)(CCC(F)(F)F)c1cccc(C#N)c1. The Morgan fingerprint density at radius 1 is 1.29 bits per heavy atom. The Bertz CT molecular complexity index is 432. The van der Waals surface area contributed by atoms with Crippen molar-refractivity contribution >= 4 is 0 Å². The molecule has 0 saturated carbocycles. The van der Waals surface area contributed by atoms with Gasteiger partial charge >= 0.3 is 6.18 Å². The van der Waals surface area contributed by atoms with Crippen LogP contribution in [0.1, 0.15) is 30.9 Å². The van der Waals surface area contributed by atoms with E-state index in [0.29, 0.717) is 11.1 Å². The van der Waals surface area contributed by atoms with Gasteiger partial charge in [-0.05, 0) is 31.0 Å². The number of hydrogen-bond acceptors (Lipinski definition) is 2. The molecular weight excluding hydrogens is 231 g/mol. The van der Waals surface area contributed by atoms with Crippen molar-refractivity contribution in [3.05, 3.63) is 35.4 Å². The standard InChI is InChI=1S/C12H12F3NO/c1-11(17,5-6-12(13,14)15)10-4-2-3-9(7-10)8-16/h2-4,7,17H,5-6H2,1H3. The minimum Gasteiger partial charge on any atom is -0.385 e. The first-order valence-electron chi connectivity index (χ1n) is 5.04. The van der Waals surface area contributed by atoms with E-state index in [-0.39, 0.29) is 0 Å². The van der Waals surface area contributed by atoms with Gasteiger partial charge in [0.2, 0.25) is 0 Å². The zero-order chi connectivity index (χ0) is 13.1. The predicted octanol–water partition coefficient (Wildman–Crippen LogP) is 3.11. The zero-order valence-electron chi connectivity index (χ0n) is 9.25. The molecule has 0 bridgehead atoms. The summed E-state index contributed by atoms with van der Waals surface area (Å²) >= 11 is 0. The van der Waals surface area contributed by atoms with Crippen LogP contribution in [0.5, 0.6) is 0 Å². The normalized spacial score (nSPS) is 15.1. The van der Waals surface area contributed by atoms with Crippen molar-refractivity contribution in [3.63, 3.8) is 0 Å². The monoisotopic (exact) mass is 243 g/mol. The van der Waals surface area contributed by atoms with Crippen LogP contribution in [0.2, 0.25) is 0 Å². The van der Waals surface area contributed by atoms with Gasteiger partial charge in [-0.3, -0.25) is 0 Å². The molecule has 1 aromatic rings. The third-order valence-corrected chi connectivity index (χ3v) is 2.51. The second-order valence-corrected chi connectivity index (χ2v) is 4.08. The summed E-state index contributed by atoms with van der Waals surface area (Å²) in [7, 11) is 0. The molecular formula is C12H12F3NO. The molecule has 0 heterocycles. The number of nitriles is 1. The van der Waals surface area contributed by atoms with Gasteiger partial charge in [0, 0.05) is 6.42 Å². The van der Waals surface area contributed by atoms with Crippen molar-refractivity contribution in [2.45, 2.75) is 31.5 Å². The van der Waals surface area contributed by atoms with Crippen molar-refractivity contribution in [2.24, 2.45) is 0 Å². The van der Waals surface area contributed by atoms with E-state index in [2.05, 4.69) is 0 Å². The quantitative estimate of drug-likeness (QED) is 0.886. The summed E-state index contributed by atoms with van der Waals surface area (Å²) in [5.74, 6) is 0. The minimum atomic E-state index is -4.29. The smallest absolute Gasteiger partial charge is 0.385 e. The van der Waals surface area contributed by atoms with Crippen molar-refractivity contribution in [1.29, 1.82) is 5.26 Å². The van der Waals surface area contributed by atoms with Gasteiger partial charge in [-0.25, -0.2) is 0 Å². The molecule has 2 nitrogen and oxygen atoms in total. The second kappa shape index (κ2) is 4.76. The Morgan fingerprint density at radius 3 is 2.47 bits per heavy atom. The average Bonchev–Trinajstić information content (AvgIpc) is 2.26. The highest BCUT2D eigenvalue weighted by molar-refractivity contribution is 5.35. The van der Waals surface area contributed by atoms with Gasteiger partial charge in [-0.1, -0.05) is 12.1 Å². The number of alkyl halides is 3. The maximum atomic E-state index is 12.1. The van der Waals surface area contributed by atoms with Gasteiger partial charge in [0.05, 0.1) is 17.2 Å². The van der Waals surface area contributed by atoms with Gasteiger partial charge in [0.1, 0.15) is 0 Å². The maximum absolute atomic E-state index is 12.1. The average molecular weight is 243 g/mol. The second-order valence-electron chi connectivity index (χ2n) is 4.08. The van der Waals surface area contributed by atoms with E-state index in [0.717, 1.165) is 0 Å². The molecule has 1 N–H and O–H groups in total. The summed E-state index contributed by atoms with van der Waals surface area (Å²) in [6.07, 6.45) is -5.78. The Balaban J connectivity index is 2.85. The van der Waals surface area contributed by atoms with Crippen molar-refractivity contribution < 1.29 is 18.3 Å². The van der Waals surface area contributed by atoms with Crippen molar-refractivity contribution in [1.82, 2.24) is 0 Å². The molecule has 0 aliphatic rings. The number of hydrogen-bond donors (Lipinski definition) is 1. The van der Waals surface area contributed by atoms with Gasteiger partial charge in [0.15, 0.2) is 0 Å². The molecule has 0 amide bonds. The highest BCUT2D eigenvalue weighted by atomic mass is 19.4. The highest BCUT2D eigenvalue weighted by Gasteiger charge is 2.33. The van der Waals surface area contributed by atoms with Crippen molar-refractivity contribution in [2.75, 3.05) is 0 Å². The van der Waals surface area contributed by atoms with E-state index < -0.39 is 24.6 Å². The van der Waals surface area contributed by atoms with Gasteiger partial charge < -0.3 is 5.11 Å². The third-order valence-electron chi connectivity index (χ3n) is 2.51. The van der Waals surface area contributed by atoms with Crippen LogP contribution in [0.3, 0.4) is 0 Å². The van der Waals surface area contributed by atoms with E-state index in [9.17, 15) is 18.3 Å². The summed E-state index contributed by atoms with van der Waals surface area (Å²) in [5.41, 5.74) is -0.946. The Labute approximate surface area is 97.3 Å². The fourth-order valence-electron chi connectivity index (χ4n) is 1.45. The van der Waals surface area contributed by atoms with Crippen LogP contribution >= 0.6 is 0 Å². The first-order valence-corrected chi connectivity index (χ1v) is 5.04. The molecule has 1 rings (SSSR count). The number of nitrogens with zero attached hydrogens (tertiary/aromatic N) is 1. The topological polar surface area (TPSA) is 44.0 Å². The summed E-state index contributed by atoms with van der Waals surface area (Å²) in [5, 5.41) is 18.6. The van der Waals surface area contributed by atoms with Crippen LogP contribution in [0.25, 0.3) is 0 Å². The number of aliphatic hydroxyl groups is 1. The van der Waals surface area contributed by atoms with E-state index in [1.165, 1.54) is 31.2 Å². The third kappa shape index (κ3) is 4.08. The molecule has 0 aromatic heterocycles. The van der Waals surface area contributed by atoms with Crippen LogP contribution in [-0.2, 0) is 5.60 Å². The minimum absolute atomic E-state index is 0.315. The van der Waals surface area contributed by atoms with Gasteiger partial charge in [-0.2, -0.15) is 18.4 Å². The fraction of sp³-hybridized carbons (Fsp3) is 0.417. The summed E-state index contributed by atoms with van der Waals surface area (Å²) in [6, 6.07) is 7.86. The molecule has 0 spiro atoms. The Kier molecular flexibility index (Phi) is 3.79. The lowest BCUT2D eigenvalue weighted by molar-refractivity contribution is -0.146. The summed E-state index contributed by atoms with van der Waals surface area (Å²) < 4.78 is 36.3. The fourth-order valence-corrected chi connectivity index (χ4v) is 1.45. The van der Waals surface area contributed by atoms with E-state index in [1.54, 1.807) is 0 Å². The molecule has 0 aliphatic heterocycles. The van der Waals surface area contributed by atoms with Gasteiger partial charge in [0.25, 0.3) is 0 Å². The van der Waals surface area contributed by atoms with E-state index in [1.807, 2.05) is 6.07 Å². The lowest BCUT2D eigenvalue weighted by Gasteiger charge is -2.24. The molecule has 1 atom stereocenters. The first kappa shape index (κ1) is 13.5. The molecule has 0 aliphatic carbocycles. The Hall–Kier alpha value is -1.54. The maximum Gasteiger partial charge on any atom is 0.389 e. The van der Waals surface area contributed by atoms with Crippen LogP contribution in [0.15, 0.2) is 24.3 Å². The summed E-state index contributed by atoms with van der Waals surface area (Å²) in [6.45, 7) is 1.31. The van der Waals surface area contributed by atoms with Crippen LogP contribution < -0.4 is 0 Å². The molecule has 0 saturated heterocycles. The van der Waals surface area contributed by atoms with Crippen molar-refractivity contribution in [3.8, 4) is 6.07 Å². The summed E-state index contributed by atoms with van der Waals surface area (Å²) in [4.78, 5) is 0. The number of rotatable bonds is 3. The van der Waals surface area contributed by atoms with Gasteiger partial charge in [-0.15, -0.1) is 0 Å². The number of benzene rings is 1. The molecule has 5 heteroatoms. The first-order chi connectivity index (χ1) is 7.74. The Morgan fingerprint density at radius 2 is 1.94 bits per heavy atom. The van der Waals surface area contributed by atoms with Crippen LogP contribution in [0.4, 0.5) is 13.2 Å². The van der Waals surface area contributed by atoms with E-state index in [4.69, 9.17) is 5.26 Å². The molecule has 17 heavy (non-hydrogen) atoms. The van der Waals surface area contributed by atoms with Crippen LogP contribution in [-0.4, -0.2) is 11.3 Å². The van der Waals surface area contributed by atoms with E-state index >= 15 is 0 Å². The molecule has 0 fully saturated rings.